The highest BCUT2D eigenvalue weighted by molar-refractivity contribution is 7.84. The highest BCUT2D eigenvalue weighted by Crippen LogP contribution is 2.10. The smallest absolute Gasteiger partial charge is 0.371 e. The Labute approximate surface area is 70.4 Å². The SMILES string of the molecule is Cc1cc(OS(N)(=O)=O)ccn1. The third-order valence-corrected chi connectivity index (χ3v) is 1.51. The predicted octanol–water partition coefficient (Wildman–Crippen LogP) is -0.0277. The number of aryl methyl sites for hydroxylation is 1. The second-order valence-corrected chi connectivity index (χ2v) is 3.36. The standard InChI is InChI=1S/C6H8N2O3S/c1-5-4-6(2-3-8-5)11-12(7,9)10/h2-4H,1H3,(H2,7,9,10). The molecule has 0 aliphatic carbocycles. The molecule has 0 fully saturated rings. The molecule has 0 bridgehead atoms. The Morgan fingerprint density at radius 3 is 2.75 bits per heavy atom. The van der Waals surface area contributed by atoms with Crippen molar-refractivity contribution in [3.05, 3.63) is 24.0 Å². The Hall–Kier alpha value is -1.14. The van der Waals surface area contributed by atoms with E-state index in [1.54, 1.807) is 6.92 Å². The van der Waals surface area contributed by atoms with Gasteiger partial charge in [0, 0.05) is 24.0 Å². The number of pyridine rings is 1. The number of hydrogen-bond acceptors (Lipinski definition) is 4. The average Bonchev–Trinajstić information content (AvgIpc) is 1.82. The molecule has 0 saturated heterocycles. The van der Waals surface area contributed by atoms with Crippen LogP contribution in [0.2, 0.25) is 0 Å². The highest BCUT2D eigenvalue weighted by atomic mass is 32.2. The van der Waals surface area contributed by atoms with Crippen molar-refractivity contribution in [2.24, 2.45) is 5.14 Å². The van der Waals surface area contributed by atoms with Crippen LogP contribution in [0.15, 0.2) is 18.3 Å². The Morgan fingerprint density at radius 2 is 2.25 bits per heavy atom. The van der Waals surface area contributed by atoms with Crippen LogP contribution in [0.1, 0.15) is 5.69 Å². The molecule has 0 aliphatic rings. The van der Waals surface area contributed by atoms with E-state index in [9.17, 15) is 8.42 Å². The zero-order chi connectivity index (χ0) is 9.19. The van der Waals surface area contributed by atoms with Crippen LogP contribution in [0.25, 0.3) is 0 Å². The van der Waals surface area contributed by atoms with Crippen molar-refractivity contribution in [1.29, 1.82) is 0 Å². The van der Waals surface area contributed by atoms with E-state index in [1.807, 2.05) is 0 Å². The minimum atomic E-state index is -3.92. The molecule has 1 rings (SSSR count). The molecule has 5 nitrogen and oxygen atoms in total. The molecule has 0 aromatic carbocycles. The Bertz CT molecular complexity index is 374. The predicted molar refractivity (Wildman–Crippen MR) is 42.7 cm³/mol. The summed E-state index contributed by atoms with van der Waals surface area (Å²) in [6, 6.07) is 2.89. The summed E-state index contributed by atoms with van der Waals surface area (Å²) in [7, 11) is -3.92. The van der Waals surface area contributed by atoms with Gasteiger partial charge in [0.05, 0.1) is 0 Å². The minimum Gasteiger partial charge on any atom is -0.371 e. The van der Waals surface area contributed by atoms with Crippen molar-refractivity contribution in [3.63, 3.8) is 0 Å². The Balaban J connectivity index is 2.91. The summed E-state index contributed by atoms with van der Waals surface area (Å²) < 4.78 is 25.3. The number of hydrogen-bond donors (Lipinski definition) is 1. The van der Waals surface area contributed by atoms with Crippen LogP contribution in [-0.2, 0) is 10.3 Å². The molecule has 0 aliphatic heterocycles. The first kappa shape index (κ1) is 8.95. The largest absolute Gasteiger partial charge is 0.380 e. The molecule has 1 aromatic rings. The molecule has 6 heteroatoms. The number of aromatic nitrogens is 1. The van der Waals surface area contributed by atoms with E-state index >= 15 is 0 Å². The van der Waals surface area contributed by atoms with E-state index in [4.69, 9.17) is 0 Å². The topological polar surface area (TPSA) is 82.3 Å². The maximum absolute atomic E-state index is 10.4. The van der Waals surface area contributed by atoms with Crippen molar-refractivity contribution in [1.82, 2.24) is 4.98 Å². The van der Waals surface area contributed by atoms with Crippen LogP contribution in [0.4, 0.5) is 0 Å². The molecule has 0 amide bonds. The summed E-state index contributed by atoms with van der Waals surface area (Å²) in [6.07, 6.45) is 1.44. The van der Waals surface area contributed by atoms with Crippen LogP contribution in [-0.4, -0.2) is 13.4 Å². The van der Waals surface area contributed by atoms with Crippen LogP contribution in [0.3, 0.4) is 0 Å². The van der Waals surface area contributed by atoms with Gasteiger partial charge in [-0.25, -0.2) is 0 Å². The fraction of sp³-hybridized carbons (Fsp3) is 0.167. The second kappa shape index (κ2) is 3.08. The zero-order valence-corrected chi connectivity index (χ0v) is 7.21. The number of nitrogens with two attached hydrogens (primary N) is 1. The van der Waals surface area contributed by atoms with Crippen molar-refractivity contribution in [2.75, 3.05) is 0 Å². The molecule has 0 saturated carbocycles. The van der Waals surface area contributed by atoms with E-state index in [0.717, 1.165) is 0 Å². The van der Waals surface area contributed by atoms with Gasteiger partial charge in [0.1, 0.15) is 5.75 Å². The van der Waals surface area contributed by atoms with E-state index < -0.39 is 10.3 Å². The minimum absolute atomic E-state index is 0.171. The van der Waals surface area contributed by atoms with Gasteiger partial charge in [0.2, 0.25) is 0 Å². The van der Waals surface area contributed by atoms with Crippen molar-refractivity contribution in [3.8, 4) is 5.75 Å². The van der Waals surface area contributed by atoms with Gasteiger partial charge >= 0.3 is 10.3 Å². The van der Waals surface area contributed by atoms with Crippen molar-refractivity contribution < 1.29 is 12.6 Å². The zero-order valence-electron chi connectivity index (χ0n) is 6.39. The maximum Gasteiger partial charge on any atom is 0.380 e. The Morgan fingerprint density at radius 1 is 1.58 bits per heavy atom. The number of nitrogens with zero attached hydrogens (tertiary/aromatic N) is 1. The molecule has 0 spiro atoms. The first-order valence-corrected chi connectivity index (χ1v) is 4.59. The molecular weight excluding hydrogens is 180 g/mol. The molecule has 2 N–H and O–H groups in total. The van der Waals surface area contributed by atoms with E-state index in [-0.39, 0.29) is 5.75 Å². The molecule has 12 heavy (non-hydrogen) atoms. The summed E-state index contributed by atoms with van der Waals surface area (Å²) in [5, 5.41) is 4.65. The fourth-order valence-electron chi connectivity index (χ4n) is 0.706. The molecule has 0 radical (unpaired) electrons. The van der Waals surface area contributed by atoms with E-state index in [1.165, 1.54) is 18.3 Å². The summed E-state index contributed by atoms with van der Waals surface area (Å²) >= 11 is 0. The molecule has 0 unspecified atom stereocenters. The first-order chi connectivity index (χ1) is 5.47. The summed E-state index contributed by atoms with van der Waals surface area (Å²) in [4.78, 5) is 3.85. The highest BCUT2D eigenvalue weighted by Gasteiger charge is 2.03. The second-order valence-electron chi connectivity index (χ2n) is 2.21. The normalized spacial score (nSPS) is 11.2. The third-order valence-electron chi connectivity index (χ3n) is 1.08. The third kappa shape index (κ3) is 2.85. The van der Waals surface area contributed by atoms with Gasteiger partial charge in [-0.1, -0.05) is 0 Å². The Kier molecular flexibility index (Phi) is 2.30. The summed E-state index contributed by atoms with van der Waals surface area (Å²) in [5.74, 6) is 0.171. The van der Waals surface area contributed by atoms with E-state index in [0.29, 0.717) is 5.69 Å². The van der Waals surface area contributed by atoms with Gasteiger partial charge in [-0.3, -0.25) is 4.98 Å². The maximum atomic E-state index is 10.4. The lowest BCUT2D eigenvalue weighted by molar-refractivity contribution is 0.487. The lowest BCUT2D eigenvalue weighted by atomic mass is 10.4. The van der Waals surface area contributed by atoms with Crippen LogP contribution in [0.5, 0.6) is 5.75 Å². The molecular formula is C6H8N2O3S. The lowest BCUT2D eigenvalue weighted by Gasteiger charge is -2.01. The molecule has 1 aromatic heterocycles. The fourth-order valence-corrected chi connectivity index (χ4v) is 1.08. The van der Waals surface area contributed by atoms with Gasteiger partial charge in [-0.05, 0) is 6.92 Å². The average molecular weight is 188 g/mol. The number of rotatable bonds is 2. The van der Waals surface area contributed by atoms with Gasteiger partial charge in [0.25, 0.3) is 0 Å². The summed E-state index contributed by atoms with van der Waals surface area (Å²) in [5.41, 5.74) is 0.663. The summed E-state index contributed by atoms with van der Waals surface area (Å²) in [6.45, 7) is 1.72. The van der Waals surface area contributed by atoms with Crippen molar-refractivity contribution >= 4 is 10.3 Å². The van der Waals surface area contributed by atoms with Crippen molar-refractivity contribution in [2.45, 2.75) is 6.92 Å². The lowest BCUT2D eigenvalue weighted by Crippen LogP contribution is -2.18. The van der Waals surface area contributed by atoms with Gasteiger partial charge in [0.15, 0.2) is 0 Å². The van der Waals surface area contributed by atoms with Crippen LogP contribution in [0, 0.1) is 6.92 Å². The molecule has 1 heterocycles. The van der Waals surface area contributed by atoms with Crippen LogP contribution >= 0.6 is 0 Å². The van der Waals surface area contributed by atoms with Crippen LogP contribution < -0.4 is 9.32 Å². The quantitative estimate of drug-likeness (QED) is 0.706. The van der Waals surface area contributed by atoms with Gasteiger partial charge < -0.3 is 4.18 Å². The first-order valence-electron chi connectivity index (χ1n) is 3.12. The van der Waals surface area contributed by atoms with Gasteiger partial charge in [-0.15, -0.1) is 0 Å². The monoisotopic (exact) mass is 188 g/mol. The van der Waals surface area contributed by atoms with Gasteiger partial charge in [-0.2, -0.15) is 13.6 Å². The molecule has 66 valence electrons. The van der Waals surface area contributed by atoms with E-state index in [2.05, 4.69) is 14.3 Å². The molecule has 0 atom stereocenters.